The number of hydrogen-bond donors (Lipinski definition) is 2. The maximum atomic E-state index is 11.5. The Kier molecular flexibility index (Phi) is 12.7. The molecule has 2 N–H and O–H groups in total. The number of methoxy groups -OCH3 is 1. The van der Waals surface area contributed by atoms with Gasteiger partial charge < -0.3 is 19.7 Å². The monoisotopic (exact) mass is 438 g/mol. The van der Waals surface area contributed by atoms with E-state index in [1.54, 1.807) is 6.92 Å². The average molecular weight is 439 g/mol. The summed E-state index contributed by atoms with van der Waals surface area (Å²) in [5.74, 6) is -3.25. The van der Waals surface area contributed by atoms with E-state index in [-0.39, 0.29) is 5.97 Å². The number of allylic oxidation sites excluding steroid dienone is 4. The summed E-state index contributed by atoms with van der Waals surface area (Å²) in [6.45, 7) is 5.74. The smallest absolute Gasteiger partial charge is 0.366 e. The lowest BCUT2D eigenvalue weighted by Gasteiger charge is -2.24. The van der Waals surface area contributed by atoms with Gasteiger partial charge in [0.15, 0.2) is 0 Å². The zero-order chi connectivity index (χ0) is 23.3. The zero-order valence-corrected chi connectivity index (χ0v) is 19.7. The third-order valence-corrected chi connectivity index (χ3v) is 6.35. The number of aliphatic hydroxyl groups is 2. The largest absolute Gasteiger partial charge is 0.466 e. The molecule has 0 aliphatic heterocycles. The van der Waals surface area contributed by atoms with Crippen molar-refractivity contribution in [2.45, 2.75) is 84.3 Å². The van der Waals surface area contributed by atoms with Gasteiger partial charge in [-0.05, 0) is 56.3 Å². The lowest BCUT2D eigenvalue weighted by molar-refractivity contribution is -0.222. The summed E-state index contributed by atoms with van der Waals surface area (Å²) in [7, 11) is 1.13. The molecule has 0 spiro atoms. The van der Waals surface area contributed by atoms with Gasteiger partial charge in [-0.3, -0.25) is 4.79 Å². The van der Waals surface area contributed by atoms with Crippen LogP contribution in [0.3, 0.4) is 0 Å². The van der Waals surface area contributed by atoms with E-state index in [0.717, 1.165) is 32.8 Å². The van der Waals surface area contributed by atoms with E-state index in [2.05, 4.69) is 29.9 Å². The Labute approximate surface area is 187 Å². The molecule has 6 heteroatoms. The number of carbonyl (C=O) groups excluding carboxylic acids is 2. The maximum absolute atomic E-state index is 11.5. The summed E-state index contributed by atoms with van der Waals surface area (Å²) in [4.78, 5) is 22.7. The molecule has 4 atom stereocenters. The Morgan fingerprint density at radius 1 is 1.10 bits per heavy atom. The van der Waals surface area contributed by atoms with Crippen molar-refractivity contribution in [1.82, 2.24) is 0 Å². The fraction of sp³-hybridized carbons (Fsp3) is 0.760. The lowest BCUT2D eigenvalue weighted by atomic mass is 9.86. The molecule has 178 valence electrons. The second kappa shape index (κ2) is 14.4. The molecule has 0 aromatic rings. The molecule has 0 bridgehead atoms. The van der Waals surface area contributed by atoms with Gasteiger partial charge in [-0.2, -0.15) is 0 Å². The minimum absolute atomic E-state index is 0.235. The molecule has 0 radical (unpaired) electrons. The van der Waals surface area contributed by atoms with Crippen molar-refractivity contribution >= 4 is 11.9 Å². The highest BCUT2D eigenvalue weighted by Gasteiger charge is 2.40. The summed E-state index contributed by atoms with van der Waals surface area (Å²) < 4.78 is 9.75. The van der Waals surface area contributed by atoms with Crippen LogP contribution in [0.4, 0.5) is 0 Å². The summed E-state index contributed by atoms with van der Waals surface area (Å²) in [5, 5.41) is 19.8. The van der Waals surface area contributed by atoms with Crippen LogP contribution < -0.4 is 0 Å². The van der Waals surface area contributed by atoms with Gasteiger partial charge in [0.1, 0.15) is 0 Å². The molecule has 1 aliphatic rings. The van der Waals surface area contributed by atoms with Crippen molar-refractivity contribution in [2.24, 2.45) is 23.7 Å². The molecule has 0 saturated heterocycles. The average Bonchev–Trinajstić information content (AvgIpc) is 3.12. The van der Waals surface area contributed by atoms with Crippen LogP contribution >= 0.6 is 0 Å². The number of ether oxygens (including phenoxy) is 2. The predicted octanol–water partition coefficient (Wildman–Crippen LogP) is 4.54. The molecular formula is C25H42O6. The minimum Gasteiger partial charge on any atom is -0.466 e. The summed E-state index contributed by atoms with van der Waals surface area (Å²) in [6, 6.07) is 0. The summed E-state index contributed by atoms with van der Waals surface area (Å²) in [5.41, 5.74) is 0. The van der Waals surface area contributed by atoms with Crippen LogP contribution in [0.1, 0.15) is 78.6 Å². The minimum atomic E-state index is -2.48. The quantitative estimate of drug-likeness (QED) is 0.179. The fourth-order valence-electron chi connectivity index (χ4n) is 4.24. The van der Waals surface area contributed by atoms with E-state index in [0.29, 0.717) is 30.8 Å². The summed E-state index contributed by atoms with van der Waals surface area (Å²) >= 11 is 0. The van der Waals surface area contributed by atoms with E-state index < -0.39 is 17.7 Å². The molecule has 6 nitrogen and oxygen atoms in total. The first kappa shape index (κ1) is 27.4. The van der Waals surface area contributed by atoms with Crippen molar-refractivity contribution in [3.63, 3.8) is 0 Å². The van der Waals surface area contributed by atoms with E-state index >= 15 is 0 Å². The highest BCUT2D eigenvalue weighted by molar-refractivity contribution is 5.77. The number of carbonyl (C=O) groups is 2. The van der Waals surface area contributed by atoms with E-state index in [4.69, 9.17) is 4.74 Å². The van der Waals surface area contributed by atoms with Gasteiger partial charge in [-0.1, -0.05) is 57.4 Å². The van der Waals surface area contributed by atoms with E-state index in [1.807, 2.05) is 6.08 Å². The van der Waals surface area contributed by atoms with Crippen molar-refractivity contribution in [3.05, 3.63) is 24.3 Å². The van der Waals surface area contributed by atoms with Crippen molar-refractivity contribution in [3.8, 4) is 0 Å². The molecular weight excluding hydrogens is 396 g/mol. The van der Waals surface area contributed by atoms with Gasteiger partial charge >= 0.3 is 11.9 Å². The third-order valence-electron chi connectivity index (χ3n) is 6.35. The van der Waals surface area contributed by atoms with Crippen LogP contribution in [0.2, 0.25) is 0 Å². The number of unbranched alkanes of at least 4 members (excludes halogenated alkanes) is 4. The molecule has 0 heterocycles. The van der Waals surface area contributed by atoms with Crippen LogP contribution in [-0.2, 0) is 19.1 Å². The van der Waals surface area contributed by atoms with Gasteiger partial charge in [0.25, 0.3) is 5.79 Å². The topological polar surface area (TPSA) is 93.1 Å². The SMILES string of the molecule is CCCCCC/C=C/[C@@H]1[C@@H](C/C=C\CC(C)C(O)(O)C(=O)OC)CC[C@H]1COC(C)=O. The van der Waals surface area contributed by atoms with Crippen LogP contribution in [0.25, 0.3) is 0 Å². The normalized spacial score (nSPS) is 22.8. The standard InChI is InChI=1S/C25H42O6/c1-5-6-7-8-9-10-15-23-21(16-17-22(23)18-31-20(3)26)14-12-11-13-19(2)25(28,29)24(27)30-4/h10-12,15,19,21-23,28-29H,5-9,13-14,16-18H2,1-4H3/b12-11-,15-10+/t19?,21-,22-,23+/m0/s1. The Balaban J connectivity index is 2.63. The third kappa shape index (κ3) is 9.56. The molecule has 0 aromatic carbocycles. The van der Waals surface area contributed by atoms with Gasteiger partial charge in [-0.15, -0.1) is 0 Å². The Morgan fingerprint density at radius 3 is 2.45 bits per heavy atom. The highest BCUT2D eigenvalue weighted by Crippen LogP contribution is 2.40. The van der Waals surface area contributed by atoms with Gasteiger partial charge in [0.2, 0.25) is 0 Å². The fourth-order valence-corrected chi connectivity index (χ4v) is 4.24. The first-order valence-corrected chi connectivity index (χ1v) is 11.7. The number of rotatable bonds is 14. The molecule has 1 aliphatic carbocycles. The van der Waals surface area contributed by atoms with Gasteiger partial charge in [0.05, 0.1) is 13.7 Å². The lowest BCUT2D eigenvalue weighted by Crippen LogP contribution is -2.45. The molecule has 0 aromatic heterocycles. The molecule has 31 heavy (non-hydrogen) atoms. The number of hydrogen-bond acceptors (Lipinski definition) is 6. The van der Waals surface area contributed by atoms with Crippen molar-refractivity contribution in [2.75, 3.05) is 13.7 Å². The Hall–Kier alpha value is -1.66. The van der Waals surface area contributed by atoms with Crippen LogP contribution in [-0.4, -0.2) is 41.7 Å². The van der Waals surface area contributed by atoms with E-state index in [1.165, 1.54) is 32.6 Å². The number of esters is 2. The molecule has 1 fully saturated rings. The van der Waals surface area contributed by atoms with Crippen LogP contribution in [0, 0.1) is 23.7 Å². The first-order chi connectivity index (χ1) is 14.7. The molecule has 1 saturated carbocycles. The maximum Gasteiger partial charge on any atom is 0.366 e. The van der Waals surface area contributed by atoms with Crippen molar-refractivity contribution < 1.29 is 29.3 Å². The molecule has 1 rings (SSSR count). The summed E-state index contributed by atoms with van der Waals surface area (Å²) in [6.07, 6.45) is 18.0. The van der Waals surface area contributed by atoms with Crippen molar-refractivity contribution in [1.29, 1.82) is 0 Å². The second-order valence-corrected chi connectivity index (χ2v) is 8.82. The van der Waals surface area contributed by atoms with E-state index in [9.17, 15) is 19.8 Å². The molecule has 1 unspecified atom stereocenters. The first-order valence-electron chi connectivity index (χ1n) is 11.7. The zero-order valence-electron chi connectivity index (χ0n) is 19.7. The highest BCUT2D eigenvalue weighted by atomic mass is 16.6. The van der Waals surface area contributed by atoms with Crippen LogP contribution in [0.15, 0.2) is 24.3 Å². The second-order valence-electron chi connectivity index (χ2n) is 8.82. The predicted molar refractivity (Wildman–Crippen MR) is 121 cm³/mol. The van der Waals surface area contributed by atoms with Gasteiger partial charge in [0, 0.05) is 12.8 Å². The van der Waals surface area contributed by atoms with Gasteiger partial charge in [-0.25, -0.2) is 4.79 Å². The Morgan fingerprint density at radius 2 is 1.81 bits per heavy atom. The molecule has 0 amide bonds. The van der Waals surface area contributed by atoms with Crippen LogP contribution in [0.5, 0.6) is 0 Å². The Bertz CT molecular complexity index is 595.